The summed E-state index contributed by atoms with van der Waals surface area (Å²) in [4.78, 5) is 24.4. The fraction of sp³-hybridized carbons (Fsp3) is 0.333. The second-order valence-corrected chi connectivity index (χ2v) is 8.01. The lowest BCUT2D eigenvalue weighted by atomic mass is 9.84. The molecule has 2 rings (SSSR count). The van der Waals surface area contributed by atoms with E-state index in [2.05, 4.69) is 31.3 Å². The van der Waals surface area contributed by atoms with Gasteiger partial charge in [-0.3, -0.25) is 9.59 Å². The summed E-state index contributed by atoms with van der Waals surface area (Å²) in [5.41, 5.74) is 0.915. The zero-order valence-corrected chi connectivity index (χ0v) is 18.4. The molecule has 0 bridgehead atoms. The Morgan fingerprint density at radius 3 is 2.33 bits per heavy atom. The predicted molar refractivity (Wildman–Crippen MR) is 112 cm³/mol. The van der Waals surface area contributed by atoms with Gasteiger partial charge in [0.2, 0.25) is 5.91 Å². The van der Waals surface area contributed by atoms with Crippen LogP contribution in [0.4, 0.5) is 8.78 Å². The first kappa shape index (κ1) is 23.6. The zero-order chi connectivity index (χ0) is 22.3. The first-order chi connectivity index (χ1) is 14.1. The number of methoxy groups -OCH3 is 1. The highest BCUT2D eigenvalue weighted by atomic mass is 79.9. The summed E-state index contributed by atoms with van der Waals surface area (Å²) in [5.74, 6) is -1.09. The molecule has 0 saturated heterocycles. The van der Waals surface area contributed by atoms with Crippen LogP contribution in [0.5, 0.6) is 11.5 Å². The average molecular weight is 485 g/mol. The lowest BCUT2D eigenvalue weighted by Gasteiger charge is -2.25. The highest BCUT2D eigenvalue weighted by molar-refractivity contribution is 9.10. The molecule has 0 aromatic heterocycles. The SMILES string of the molecule is COc1cc(C(=O)NCC(=O)NCC(C)(C)c2ccc(Br)cc2)ccc1OC(F)F. The molecule has 0 radical (unpaired) electrons. The minimum absolute atomic E-state index is 0.0105. The molecule has 0 aliphatic carbocycles. The van der Waals surface area contributed by atoms with Gasteiger partial charge in [-0.25, -0.2) is 0 Å². The van der Waals surface area contributed by atoms with Crippen molar-refractivity contribution in [2.75, 3.05) is 20.2 Å². The van der Waals surface area contributed by atoms with Gasteiger partial charge in [-0.1, -0.05) is 41.9 Å². The Labute approximate surface area is 182 Å². The Kier molecular flexibility index (Phi) is 8.16. The van der Waals surface area contributed by atoms with Crippen molar-refractivity contribution in [2.24, 2.45) is 0 Å². The van der Waals surface area contributed by atoms with Crippen LogP contribution in [0.1, 0.15) is 29.8 Å². The molecule has 0 atom stereocenters. The maximum atomic E-state index is 12.4. The zero-order valence-electron chi connectivity index (χ0n) is 16.8. The van der Waals surface area contributed by atoms with Gasteiger partial charge in [-0.2, -0.15) is 8.78 Å². The van der Waals surface area contributed by atoms with E-state index in [-0.39, 0.29) is 34.9 Å². The molecule has 30 heavy (non-hydrogen) atoms. The number of hydrogen-bond donors (Lipinski definition) is 2. The van der Waals surface area contributed by atoms with Crippen LogP contribution < -0.4 is 20.1 Å². The van der Waals surface area contributed by atoms with Gasteiger partial charge < -0.3 is 20.1 Å². The third-order valence-corrected chi connectivity index (χ3v) is 4.93. The number of benzene rings is 2. The smallest absolute Gasteiger partial charge is 0.387 e. The Hall–Kier alpha value is -2.68. The molecule has 2 aromatic rings. The molecule has 0 saturated carbocycles. The minimum Gasteiger partial charge on any atom is -0.493 e. The molecular weight excluding hydrogens is 462 g/mol. The van der Waals surface area contributed by atoms with Crippen molar-refractivity contribution in [2.45, 2.75) is 25.9 Å². The van der Waals surface area contributed by atoms with Crippen LogP contribution in [0.3, 0.4) is 0 Å². The molecule has 0 aliphatic heterocycles. The molecule has 0 fully saturated rings. The van der Waals surface area contributed by atoms with E-state index >= 15 is 0 Å². The van der Waals surface area contributed by atoms with E-state index in [0.29, 0.717) is 6.54 Å². The molecule has 2 amide bonds. The normalized spacial score (nSPS) is 11.2. The van der Waals surface area contributed by atoms with Crippen LogP contribution in [0, 0.1) is 0 Å². The number of rotatable bonds is 9. The molecular formula is C21H23BrF2N2O4. The van der Waals surface area contributed by atoms with Crippen LogP contribution >= 0.6 is 15.9 Å². The minimum atomic E-state index is -3.01. The van der Waals surface area contributed by atoms with Crippen molar-refractivity contribution in [1.82, 2.24) is 10.6 Å². The number of nitrogens with one attached hydrogen (secondary N) is 2. The van der Waals surface area contributed by atoms with Crippen LogP contribution in [0.15, 0.2) is 46.9 Å². The Morgan fingerprint density at radius 2 is 1.73 bits per heavy atom. The van der Waals surface area contributed by atoms with Crippen molar-refractivity contribution in [3.63, 3.8) is 0 Å². The summed E-state index contributed by atoms with van der Waals surface area (Å²) < 4.78 is 35.0. The Bertz CT molecular complexity index is 889. The van der Waals surface area contributed by atoms with E-state index in [1.807, 2.05) is 38.1 Å². The number of halogens is 3. The topological polar surface area (TPSA) is 76.7 Å². The van der Waals surface area contributed by atoms with Gasteiger partial charge in [0.05, 0.1) is 13.7 Å². The van der Waals surface area contributed by atoms with Gasteiger partial charge in [0.15, 0.2) is 11.5 Å². The monoisotopic (exact) mass is 484 g/mol. The third-order valence-electron chi connectivity index (χ3n) is 4.40. The summed E-state index contributed by atoms with van der Waals surface area (Å²) in [6.45, 7) is 1.15. The standard InChI is InChI=1S/C21H23BrF2N2O4/c1-21(2,14-5-7-15(22)8-6-14)12-26-18(27)11-25-19(28)13-4-9-16(30-20(23)24)17(10-13)29-3/h4-10,20H,11-12H2,1-3H3,(H,25,28)(H,26,27). The van der Waals surface area contributed by atoms with Crippen molar-refractivity contribution in [1.29, 1.82) is 0 Å². The lowest BCUT2D eigenvalue weighted by Crippen LogP contribution is -2.42. The molecule has 162 valence electrons. The van der Waals surface area contributed by atoms with Crippen molar-refractivity contribution < 1.29 is 27.8 Å². The van der Waals surface area contributed by atoms with Gasteiger partial charge in [-0.05, 0) is 35.9 Å². The van der Waals surface area contributed by atoms with Gasteiger partial charge in [0.1, 0.15) is 0 Å². The maximum Gasteiger partial charge on any atom is 0.387 e. The van der Waals surface area contributed by atoms with Crippen LogP contribution in [-0.4, -0.2) is 38.6 Å². The van der Waals surface area contributed by atoms with E-state index < -0.39 is 12.5 Å². The van der Waals surface area contributed by atoms with E-state index in [9.17, 15) is 18.4 Å². The lowest BCUT2D eigenvalue weighted by molar-refractivity contribution is -0.120. The summed E-state index contributed by atoms with van der Waals surface area (Å²) in [7, 11) is 1.27. The van der Waals surface area contributed by atoms with Gasteiger partial charge in [0.25, 0.3) is 5.91 Å². The van der Waals surface area contributed by atoms with Crippen molar-refractivity contribution in [3.05, 3.63) is 58.1 Å². The average Bonchev–Trinajstić information content (AvgIpc) is 2.70. The predicted octanol–water partition coefficient (Wildman–Crippen LogP) is 3.88. The molecule has 2 aromatic carbocycles. The molecule has 6 nitrogen and oxygen atoms in total. The largest absolute Gasteiger partial charge is 0.493 e. The number of amides is 2. The quantitative estimate of drug-likeness (QED) is 0.566. The molecule has 2 N–H and O–H groups in total. The first-order valence-corrected chi connectivity index (χ1v) is 9.85. The molecule has 9 heteroatoms. The summed E-state index contributed by atoms with van der Waals surface area (Å²) in [6.07, 6.45) is 0. The Balaban J connectivity index is 1.89. The van der Waals surface area contributed by atoms with Crippen molar-refractivity contribution in [3.8, 4) is 11.5 Å². The van der Waals surface area contributed by atoms with E-state index in [0.717, 1.165) is 10.0 Å². The highest BCUT2D eigenvalue weighted by Gasteiger charge is 2.21. The van der Waals surface area contributed by atoms with E-state index in [1.54, 1.807) is 0 Å². The summed E-state index contributed by atoms with van der Waals surface area (Å²) in [5, 5.41) is 5.29. The number of hydrogen-bond acceptors (Lipinski definition) is 4. The van der Waals surface area contributed by atoms with Gasteiger partial charge in [-0.15, -0.1) is 0 Å². The second kappa shape index (κ2) is 10.4. The fourth-order valence-electron chi connectivity index (χ4n) is 2.65. The number of carbonyl (C=O) groups is 2. The van der Waals surface area contributed by atoms with Crippen LogP contribution in [0.2, 0.25) is 0 Å². The Morgan fingerprint density at radius 1 is 1.07 bits per heavy atom. The number of alkyl halides is 2. The van der Waals surface area contributed by atoms with E-state index in [1.165, 1.54) is 25.3 Å². The molecule has 0 aliphatic rings. The molecule has 0 unspecified atom stereocenters. The van der Waals surface area contributed by atoms with Gasteiger partial charge in [0, 0.05) is 22.0 Å². The summed E-state index contributed by atoms with van der Waals surface area (Å²) in [6, 6.07) is 11.6. The van der Waals surface area contributed by atoms with Crippen LogP contribution in [-0.2, 0) is 10.2 Å². The maximum absolute atomic E-state index is 12.4. The number of ether oxygens (including phenoxy) is 2. The van der Waals surface area contributed by atoms with Crippen molar-refractivity contribution >= 4 is 27.7 Å². The van der Waals surface area contributed by atoms with E-state index in [4.69, 9.17) is 4.74 Å². The molecule has 0 heterocycles. The summed E-state index contributed by atoms with van der Waals surface area (Å²) >= 11 is 3.39. The fourth-order valence-corrected chi connectivity index (χ4v) is 2.91. The number of carbonyl (C=O) groups excluding carboxylic acids is 2. The van der Waals surface area contributed by atoms with Crippen LogP contribution in [0.25, 0.3) is 0 Å². The van der Waals surface area contributed by atoms with Gasteiger partial charge >= 0.3 is 6.61 Å². The molecule has 0 spiro atoms. The second-order valence-electron chi connectivity index (χ2n) is 7.09. The highest BCUT2D eigenvalue weighted by Crippen LogP contribution is 2.29. The third kappa shape index (κ3) is 6.69. The first-order valence-electron chi connectivity index (χ1n) is 9.06.